The van der Waals surface area contributed by atoms with Crippen LogP contribution in [0.15, 0.2) is 77.3 Å². The Morgan fingerprint density at radius 2 is 1.71 bits per heavy atom. The molecule has 1 fully saturated rings. The molecule has 2 N–H and O–H groups in total. The molecular formula is C28H30BrN3O2. The molecule has 0 unspecified atom stereocenters. The van der Waals surface area contributed by atoms with Gasteiger partial charge in [-0.15, -0.1) is 0 Å². The predicted molar refractivity (Wildman–Crippen MR) is 142 cm³/mol. The SMILES string of the molecule is CC1CCN(c2ccc(NC(=O)c3cccc(Br)c3)cc2C(=O)NCCc2ccccc2)CC1. The second kappa shape index (κ2) is 11.3. The van der Waals surface area contributed by atoms with Crippen LogP contribution in [0.25, 0.3) is 0 Å². The molecule has 3 aromatic rings. The van der Waals surface area contributed by atoms with Gasteiger partial charge >= 0.3 is 0 Å². The van der Waals surface area contributed by atoms with E-state index in [0.717, 1.165) is 42.5 Å². The lowest BCUT2D eigenvalue weighted by Gasteiger charge is -2.33. The van der Waals surface area contributed by atoms with Crippen LogP contribution in [0.2, 0.25) is 0 Å². The third-order valence-corrected chi connectivity index (χ3v) is 6.75. The Balaban J connectivity index is 1.52. The van der Waals surface area contributed by atoms with Gasteiger partial charge in [-0.3, -0.25) is 9.59 Å². The fourth-order valence-electron chi connectivity index (χ4n) is 4.21. The number of nitrogens with zero attached hydrogens (tertiary/aromatic N) is 1. The molecule has 34 heavy (non-hydrogen) atoms. The zero-order chi connectivity index (χ0) is 23.9. The molecule has 0 saturated carbocycles. The Bertz CT molecular complexity index is 1140. The smallest absolute Gasteiger partial charge is 0.255 e. The van der Waals surface area contributed by atoms with E-state index in [0.29, 0.717) is 29.3 Å². The van der Waals surface area contributed by atoms with E-state index in [2.05, 4.69) is 50.5 Å². The molecular weight excluding hydrogens is 490 g/mol. The van der Waals surface area contributed by atoms with Crippen molar-refractivity contribution in [3.8, 4) is 0 Å². The Labute approximate surface area is 209 Å². The van der Waals surface area contributed by atoms with Gasteiger partial charge < -0.3 is 15.5 Å². The van der Waals surface area contributed by atoms with Gasteiger partial charge in [-0.05, 0) is 67.1 Å². The summed E-state index contributed by atoms with van der Waals surface area (Å²) in [5.74, 6) is 0.363. The van der Waals surface area contributed by atoms with Gasteiger partial charge in [0.2, 0.25) is 0 Å². The number of halogens is 1. The largest absolute Gasteiger partial charge is 0.371 e. The van der Waals surface area contributed by atoms with E-state index in [-0.39, 0.29) is 11.8 Å². The van der Waals surface area contributed by atoms with E-state index < -0.39 is 0 Å². The third kappa shape index (κ3) is 6.26. The van der Waals surface area contributed by atoms with Crippen LogP contribution in [0.3, 0.4) is 0 Å². The predicted octanol–water partition coefficient (Wildman–Crippen LogP) is 5.91. The van der Waals surface area contributed by atoms with Crippen LogP contribution < -0.4 is 15.5 Å². The van der Waals surface area contributed by atoms with Crippen molar-refractivity contribution in [3.05, 3.63) is 94.0 Å². The van der Waals surface area contributed by atoms with Gasteiger partial charge in [0.25, 0.3) is 11.8 Å². The first-order valence-corrected chi connectivity index (χ1v) is 12.6. The number of carbonyl (C=O) groups excluding carboxylic acids is 2. The monoisotopic (exact) mass is 519 g/mol. The first kappa shape index (κ1) is 24.0. The molecule has 0 spiro atoms. The number of amides is 2. The summed E-state index contributed by atoms with van der Waals surface area (Å²) in [5.41, 5.74) is 3.85. The average molecular weight is 520 g/mol. The van der Waals surface area contributed by atoms with Gasteiger partial charge in [0.15, 0.2) is 0 Å². The number of carbonyl (C=O) groups is 2. The number of benzene rings is 3. The highest BCUT2D eigenvalue weighted by Crippen LogP contribution is 2.29. The molecule has 1 saturated heterocycles. The molecule has 2 amide bonds. The summed E-state index contributed by atoms with van der Waals surface area (Å²) in [4.78, 5) is 28.3. The molecule has 0 aliphatic carbocycles. The van der Waals surface area contributed by atoms with Crippen molar-refractivity contribution in [1.29, 1.82) is 0 Å². The molecule has 1 heterocycles. The van der Waals surface area contributed by atoms with E-state index in [4.69, 9.17) is 0 Å². The van der Waals surface area contributed by atoms with Crippen molar-refractivity contribution in [1.82, 2.24) is 5.32 Å². The standard InChI is InChI=1S/C28H30BrN3O2/c1-20-13-16-32(17-14-20)26-11-10-24(31-27(33)22-8-5-9-23(29)18-22)19-25(26)28(34)30-15-12-21-6-3-2-4-7-21/h2-11,18-20H,12-17H2,1H3,(H,30,34)(H,31,33). The van der Waals surface area contributed by atoms with Gasteiger partial charge in [0, 0.05) is 41.0 Å². The molecule has 0 atom stereocenters. The van der Waals surface area contributed by atoms with Gasteiger partial charge in [-0.1, -0.05) is 59.3 Å². The lowest BCUT2D eigenvalue weighted by atomic mass is 9.97. The summed E-state index contributed by atoms with van der Waals surface area (Å²) < 4.78 is 0.841. The molecule has 1 aliphatic heterocycles. The van der Waals surface area contributed by atoms with Crippen LogP contribution in [-0.4, -0.2) is 31.4 Å². The normalized spacial score (nSPS) is 14.0. The molecule has 0 aromatic heterocycles. The Morgan fingerprint density at radius 1 is 0.941 bits per heavy atom. The van der Waals surface area contributed by atoms with Crippen molar-refractivity contribution in [2.45, 2.75) is 26.2 Å². The lowest BCUT2D eigenvalue weighted by Crippen LogP contribution is -2.35. The maximum atomic E-state index is 13.3. The quantitative estimate of drug-likeness (QED) is 0.407. The van der Waals surface area contributed by atoms with E-state index >= 15 is 0 Å². The zero-order valence-corrected chi connectivity index (χ0v) is 21.0. The summed E-state index contributed by atoms with van der Waals surface area (Å²) >= 11 is 3.41. The van der Waals surface area contributed by atoms with Gasteiger partial charge in [-0.25, -0.2) is 0 Å². The minimum Gasteiger partial charge on any atom is -0.371 e. The van der Waals surface area contributed by atoms with Crippen LogP contribution >= 0.6 is 15.9 Å². The first-order valence-electron chi connectivity index (χ1n) is 11.8. The fourth-order valence-corrected chi connectivity index (χ4v) is 4.61. The zero-order valence-electron chi connectivity index (χ0n) is 19.4. The summed E-state index contributed by atoms with van der Waals surface area (Å²) in [6, 6.07) is 23.0. The van der Waals surface area contributed by atoms with Crippen LogP contribution in [0.5, 0.6) is 0 Å². The van der Waals surface area contributed by atoms with Crippen molar-refractivity contribution in [3.63, 3.8) is 0 Å². The van der Waals surface area contributed by atoms with Crippen molar-refractivity contribution >= 4 is 39.1 Å². The van der Waals surface area contributed by atoms with Gasteiger partial charge in [0.05, 0.1) is 5.56 Å². The average Bonchev–Trinajstić information content (AvgIpc) is 2.85. The molecule has 6 heteroatoms. The molecule has 3 aromatic carbocycles. The highest BCUT2D eigenvalue weighted by molar-refractivity contribution is 9.10. The lowest BCUT2D eigenvalue weighted by molar-refractivity contribution is 0.0953. The first-order chi connectivity index (χ1) is 16.5. The number of anilines is 2. The molecule has 5 nitrogen and oxygen atoms in total. The number of hydrogen-bond acceptors (Lipinski definition) is 3. The summed E-state index contributed by atoms with van der Waals surface area (Å²) in [7, 11) is 0. The number of nitrogens with one attached hydrogen (secondary N) is 2. The van der Waals surface area contributed by atoms with Crippen LogP contribution in [-0.2, 0) is 6.42 Å². The number of hydrogen-bond donors (Lipinski definition) is 2. The minimum atomic E-state index is -0.212. The minimum absolute atomic E-state index is 0.122. The van der Waals surface area contributed by atoms with Crippen LogP contribution in [0.1, 0.15) is 46.0 Å². The summed E-state index contributed by atoms with van der Waals surface area (Å²) in [5, 5.41) is 6.01. The van der Waals surface area contributed by atoms with E-state index in [1.165, 1.54) is 5.56 Å². The Kier molecular flexibility index (Phi) is 8.01. The van der Waals surface area contributed by atoms with Crippen LogP contribution in [0, 0.1) is 5.92 Å². The fraction of sp³-hybridized carbons (Fsp3) is 0.286. The van der Waals surface area contributed by atoms with Gasteiger partial charge in [-0.2, -0.15) is 0 Å². The second-order valence-electron chi connectivity index (χ2n) is 8.86. The maximum Gasteiger partial charge on any atom is 0.255 e. The number of rotatable bonds is 7. The van der Waals surface area contributed by atoms with Crippen molar-refractivity contribution < 1.29 is 9.59 Å². The van der Waals surface area contributed by atoms with Crippen LogP contribution in [0.4, 0.5) is 11.4 Å². The molecule has 0 radical (unpaired) electrons. The van der Waals surface area contributed by atoms with Gasteiger partial charge in [0.1, 0.15) is 0 Å². The van der Waals surface area contributed by atoms with Crippen molar-refractivity contribution in [2.24, 2.45) is 5.92 Å². The van der Waals surface area contributed by atoms with E-state index in [9.17, 15) is 9.59 Å². The third-order valence-electron chi connectivity index (χ3n) is 6.25. The number of piperidine rings is 1. The Morgan fingerprint density at radius 3 is 2.44 bits per heavy atom. The highest BCUT2D eigenvalue weighted by atomic mass is 79.9. The Hall–Kier alpha value is -3.12. The summed E-state index contributed by atoms with van der Waals surface area (Å²) in [6.45, 7) is 4.67. The second-order valence-corrected chi connectivity index (χ2v) is 9.77. The highest BCUT2D eigenvalue weighted by Gasteiger charge is 2.22. The molecule has 1 aliphatic rings. The maximum absolute atomic E-state index is 13.3. The molecule has 176 valence electrons. The molecule has 0 bridgehead atoms. The van der Waals surface area contributed by atoms with E-state index in [1.54, 1.807) is 18.2 Å². The van der Waals surface area contributed by atoms with E-state index in [1.807, 2.05) is 42.5 Å². The summed E-state index contributed by atoms with van der Waals surface area (Å²) in [6.07, 6.45) is 2.98. The van der Waals surface area contributed by atoms with Crippen molar-refractivity contribution in [2.75, 3.05) is 29.9 Å². The topological polar surface area (TPSA) is 61.4 Å². The molecule has 4 rings (SSSR count).